The summed E-state index contributed by atoms with van der Waals surface area (Å²) in [5, 5.41) is 0. The molecule has 1 rings (SSSR count). The third-order valence-corrected chi connectivity index (χ3v) is 19.3. The first-order chi connectivity index (χ1) is 11.3. The molecule has 1 aliphatic rings. The SMILES string of the molecule is CCC[CH2][Sn](/[CH]=C/CCCC1OCCO1)([CH2]CCC)[CH2]CCC. The summed E-state index contributed by atoms with van der Waals surface area (Å²) in [5.41, 5.74) is 0. The van der Waals surface area contributed by atoms with E-state index in [4.69, 9.17) is 9.47 Å². The zero-order valence-corrected chi connectivity index (χ0v) is 18.8. The standard InChI is InChI=1S/C8H13O2.3C4H9.Sn/c1-2-3-4-5-8-9-6-7-10-8;3*1-3-4-2;/h1-2,8H,3-7H2;3*1,3-4H2,2H3;. The fourth-order valence-electron chi connectivity index (χ4n) is 3.52. The number of unbranched alkanes of at least 4 members (excludes halogenated alkanes) is 4. The van der Waals surface area contributed by atoms with Crippen molar-refractivity contribution >= 4 is 18.4 Å². The molecule has 0 bridgehead atoms. The molecule has 0 aliphatic carbocycles. The van der Waals surface area contributed by atoms with Crippen LogP contribution in [0.5, 0.6) is 0 Å². The molecule has 0 aromatic heterocycles. The van der Waals surface area contributed by atoms with E-state index >= 15 is 0 Å². The van der Waals surface area contributed by atoms with Gasteiger partial charge in [-0.2, -0.15) is 0 Å². The van der Waals surface area contributed by atoms with E-state index in [0.717, 1.165) is 19.6 Å². The number of allylic oxidation sites excluding steroid dienone is 1. The zero-order valence-electron chi connectivity index (χ0n) is 15.9. The Labute approximate surface area is 149 Å². The van der Waals surface area contributed by atoms with E-state index < -0.39 is 18.4 Å². The maximum atomic E-state index is 5.53. The van der Waals surface area contributed by atoms with Gasteiger partial charge in [0.15, 0.2) is 0 Å². The van der Waals surface area contributed by atoms with Crippen LogP contribution in [0.1, 0.15) is 78.6 Å². The van der Waals surface area contributed by atoms with Gasteiger partial charge in [-0.15, -0.1) is 0 Å². The summed E-state index contributed by atoms with van der Waals surface area (Å²) in [6, 6.07) is 0. The van der Waals surface area contributed by atoms with Gasteiger partial charge in [0.1, 0.15) is 0 Å². The van der Waals surface area contributed by atoms with E-state index in [9.17, 15) is 0 Å². The predicted molar refractivity (Wildman–Crippen MR) is 104 cm³/mol. The van der Waals surface area contributed by atoms with Gasteiger partial charge in [0.2, 0.25) is 0 Å². The van der Waals surface area contributed by atoms with Crippen molar-refractivity contribution < 1.29 is 9.47 Å². The van der Waals surface area contributed by atoms with Crippen LogP contribution in [-0.2, 0) is 9.47 Å². The van der Waals surface area contributed by atoms with Crippen LogP contribution in [0.15, 0.2) is 10.2 Å². The molecular formula is C20H40O2Sn. The van der Waals surface area contributed by atoms with Crippen LogP contribution in [0.2, 0.25) is 13.3 Å². The Hall–Kier alpha value is 0.459. The molecule has 136 valence electrons. The normalized spacial score (nSPS) is 16.7. The van der Waals surface area contributed by atoms with Crippen molar-refractivity contribution in [3.05, 3.63) is 10.2 Å². The van der Waals surface area contributed by atoms with Crippen molar-refractivity contribution in [2.75, 3.05) is 13.2 Å². The molecule has 1 aliphatic heterocycles. The second-order valence-electron chi connectivity index (χ2n) is 7.18. The van der Waals surface area contributed by atoms with Gasteiger partial charge in [0.25, 0.3) is 0 Å². The molecule has 0 N–H and O–H groups in total. The zero-order chi connectivity index (χ0) is 16.8. The first kappa shape index (κ1) is 21.5. The van der Waals surface area contributed by atoms with Crippen molar-refractivity contribution in [3.63, 3.8) is 0 Å². The monoisotopic (exact) mass is 432 g/mol. The fraction of sp³-hybridized carbons (Fsp3) is 0.900. The number of hydrogen-bond acceptors (Lipinski definition) is 2. The predicted octanol–water partition coefficient (Wildman–Crippen LogP) is 6.47. The van der Waals surface area contributed by atoms with Gasteiger partial charge in [0.05, 0.1) is 0 Å². The minimum atomic E-state index is -2.02. The van der Waals surface area contributed by atoms with Gasteiger partial charge in [-0.1, -0.05) is 0 Å². The molecule has 0 aromatic carbocycles. The Morgan fingerprint density at radius 2 is 1.35 bits per heavy atom. The average Bonchev–Trinajstić information content (AvgIpc) is 3.09. The van der Waals surface area contributed by atoms with E-state index in [0.29, 0.717) is 0 Å². The Balaban J connectivity index is 2.46. The molecule has 3 heteroatoms. The molecule has 0 amide bonds. The molecule has 23 heavy (non-hydrogen) atoms. The number of hydrogen-bond donors (Lipinski definition) is 0. The Kier molecular flexibility index (Phi) is 12.8. The van der Waals surface area contributed by atoms with Gasteiger partial charge >= 0.3 is 149 Å². The summed E-state index contributed by atoms with van der Waals surface area (Å²) < 4.78 is 18.6. The molecule has 0 aromatic rings. The quantitative estimate of drug-likeness (QED) is 0.232. The molecule has 1 saturated heterocycles. The van der Waals surface area contributed by atoms with Gasteiger partial charge in [-0.05, 0) is 0 Å². The maximum absolute atomic E-state index is 5.53. The van der Waals surface area contributed by atoms with Crippen LogP contribution in [0.25, 0.3) is 0 Å². The van der Waals surface area contributed by atoms with Crippen LogP contribution in [0.3, 0.4) is 0 Å². The van der Waals surface area contributed by atoms with Gasteiger partial charge in [-0.25, -0.2) is 0 Å². The third kappa shape index (κ3) is 9.50. The molecule has 2 nitrogen and oxygen atoms in total. The van der Waals surface area contributed by atoms with Gasteiger partial charge in [0, 0.05) is 0 Å². The Bertz CT molecular complexity index is 276. The summed E-state index contributed by atoms with van der Waals surface area (Å²) >= 11 is -2.02. The third-order valence-electron chi connectivity index (χ3n) is 5.06. The molecule has 0 radical (unpaired) electrons. The van der Waals surface area contributed by atoms with Crippen LogP contribution in [0, 0.1) is 0 Å². The van der Waals surface area contributed by atoms with E-state index in [1.807, 2.05) is 0 Å². The summed E-state index contributed by atoms with van der Waals surface area (Å²) in [5.74, 6) is 0. The molecule has 0 unspecified atom stereocenters. The average molecular weight is 431 g/mol. The van der Waals surface area contributed by atoms with Crippen molar-refractivity contribution in [2.45, 2.75) is 98.2 Å². The molecule has 0 atom stereocenters. The number of ether oxygens (including phenoxy) is 2. The van der Waals surface area contributed by atoms with Crippen LogP contribution in [0.4, 0.5) is 0 Å². The van der Waals surface area contributed by atoms with Crippen LogP contribution < -0.4 is 0 Å². The van der Waals surface area contributed by atoms with Crippen molar-refractivity contribution in [3.8, 4) is 0 Å². The van der Waals surface area contributed by atoms with Crippen molar-refractivity contribution in [1.29, 1.82) is 0 Å². The van der Waals surface area contributed by atoms with Crippen LogP contribution >= 0.6 is 0 Å². The van der Waals surface area contributed by atoms with E-state index in [1.165, 1.54) is 51.4 Å². The molecule has 0 spiro atoms. The topological polar surface area (TPSA) is 18.5 Å². The Morgan fingerprint density at radius 1 is 0.826 bits per heavy atom. The first-order valence-electron chi connectivity index (χ1n) is 10.2. The minimum absolute atomic E-state index is 0.0805. The summed E-state index contributed by atoms with van der Waals surface area (Å²) in [7, 11) is 0. The molecular weight excluding hydrogens is 391 g/mol. The fourth-order valence-corrected chi connectivity index (χ4v) is 18.0. The van der Waals surface area contributed by atoms with E-state index in [1.54, 1.807) is 13.3 Å². The van der Waals surface area contributed by atoms with Crippen LogP contribution in [-0.4, -0.2) is 37.9 Å². The van der Waals surface area contributed by atoms with Gasteiger partial charge in [-0.3, -0.25) is 0 Å². The molecule has 1 heterocycles. The molecule has 0 saturated carbocycles. The summed E-state index contributed by atoms with van der Waals surface area (Å²) in [6.07, 6.45) is 14.6. The number of rotatable bonds is 14. The second kappa shape index (κ2) is 13.7. The first-order valence-corrected chi connectivity index (χ1v) is 17.9. The second-order valence-corrected chi connectivity index (χ2v) is 20.2. The Morgan fingerprint density at radius 3 is 1.83 bits per heavy atom. The van der Waals surface area contributed by atoms with E-state index in [2.05, 4.69) is 30.9 Å². The van der Waals surface area contributed by atoms with Crippen molar-refractivity contribution in [1.82, 2.24) is 0 Å². The summed E-state index contributed by atoms with van der Waals surface area (Å²) in [4.78, 5) is 0. The summed E-state index contributed by atoms with van der Waals surface area (Å²) in [6.45, 7) is 8.61. The molecule has 1 fully saturated rings. The van der Waals surface area contributed by atoms with Crippen molar-refractivity contribution in [2.24, 2.45) is 0 Å². The van der Waals surface area contributed by atoms with E-state index in [-0.39, 0.29) is 6.29 Å². The van der Waals surface area contributed by atoms with Gasteiger partial charge < -0.3 is 0 Å².